The summed E-state index contributed by atoms with van der Waals surface area (Å²) in [6.45, 7) is 4.73. The van der Waals surface area contributed by atoms with Gasteiger partial charge in [0.1, 0.15) is 0 Å². The molecule has 1 saturated heterocycles. The first-order valence-electron chi connectivity index (χ1n) is 9.75. The Morgan fingerprint density at radius 2 is 1.96 bits per heavy atom. The number of thiazole rings is 1. The van der Waals surface area contributed by atoms with Gasteiger partial charge in [-0.15, -0.1) is 0 Å². The minimum absolute atomic E-state index is 1.03. The topological polar surface area (TPSA) is 47.1 Å². The summed E-state index contributed by atoms with van der Waals surface area (Å²) < 4.78 is 3.92. The lowest BCUT2D eigenvalue weighted by molar-refractivity contribution is 0.494. The summed E-state index contributed by atoms with van der Waals surface area (Å²) in [6.07, 6.45) is 12.5. The molecule has 0 spiro atoms. The van der Waals surface area contributed by atoms with Gasteiger partial charge in [0, 0.05) is 37.2 Å². The van der Waals surface area contributed by atoms with Gasteiger partial charge >= 0.3 is 0 Å². The van der Waals surface area contributed by atoms with Crippen molar-refractivity contribution in [1.82, 2.24) is 24.5 Å². The van der Waals surface area contributed by atoms with Crippen LogP contribution in [0.2, 0.25) is 0 Å². The lowest BCUT2D eigenvalue weighted by Crippen LogP contribution is -2.08. The Balaban J connectivity index is 0.000000167. The summed E-state index contributed by atoms with van der Waals surface area (Å²) in [5.74, 6) is 2.13. The molecule has 0 radical (unpaired) electrons. The van der Waals surface area contributed by atoms with Crippen molar-refractivity contribution in [3.05, 3.63) is 42.5 Å². The van der Waals surface area contributed by atoms with Crippen molar-refractivity contribution < 1.29 is 0 Å². The molecule has 2 atom stereocenters. The lowest BCUT2D eigenvalue weighted by Gasteiger charge is -2.02. The maximum Gasteiger partial charge on any atom is 0.194 e. The average molecular weight is 380 g/mol. The van der Waals surface area contributed by atoms with Crippen LogP contribution in [-0.2, 0) is 7.05 Å². The predicted molar refractivity (Wildman–Crippen MR) is 111 cm³/mol. The van der Waals surface area contributed by atoms with Gasteiger partial charge in [0.25, 0.3) is 0 Å². The van der Waals surface area contributed by atoms with Crippen molar-refractivity contribution in [2.24, 2.45) is 18.9 Å². The van der Waals surface area contributed by atoms with Crippen molar-refractivity contribution >= 4 is 27.2 Å². The molecule has 2 aliphatic rings. The molecule has 140 valence electrons. The highest BCUT2D eigenvalue weighted by Crippen LogP contribution is 2.33. The monoisotopic (exact) mass is 379 g/mol. The van der Waals surface area contributed by atoms with E-state index in [4.69, 9.17) is 0 Å². The van der Waals surface area contributed by atoms with Gasteiger partial charge in [0.15, 0.2) is 4.96 Å². The summed E-state index contributed by atoms with van der Waals surface area (Å²) in [7, 11) is 1.96. The first-order chi connectivity index (χ1) is 13.2. The van der Waals surface area contributed by atoms with Gasteiger partial charge in [-0.05, 0) is 68.0 Å². The van der Waals surface area contributed by atoms with E-state index in [1.54, 1.807) is 11.3 Å². The van der Waals surface area contributed by atoms with E-state index in [-0.39, 0.29) is 0 Å². The first-order valence-corrected chi connectivity index (χ1v) is 10.6. The zero-order valence-electron chi connectivity index (χ0n) is 15.9. The summed E-state index contributed by atoms with van der Waals surface area (Å²) in [5.41, 5.74) is 3.51. The highest BCUT2D eigenvalue weighted by Gasteiger charge is 2.30. The molecule has 1 N–H and O–H groups in total. The van der Waals surface area contributed by atoms with Gasteiger partial charge < -0.3 is 5.32 Å². The van der Waals surface area contributed by atoms with Crippen molar-refractivity contribution in [1.29, 1.82) is 0 Å². The van der Waals surface area contributed by atoms with Crippen LogP contribution in [0, 0.1) is 18.8 Å². The Labute approximate surface area is 163 Å². The van der Waals surface area contributed by atoms with Crippen LogP contribution >= 0.6 is 11.3 Å². The second-order valence-corrected chi connectivity index (χ2v) is 8.86. The number of rotatable bonds is 1. The third-order valence-electron chi connectivity index (χ3n) is 5.92. The SMILES string of the molecule is C1CC2CNCC2C1.Cc1cc(-c2cn3ccnc3s2)cc2cn(C)nc12. The molecule has 3 aromatic heterocycles. The Morgan fingerprint density at radius 1 is 1.15 bits per heavy atom. The molecule has 5 nitrogen and oxygen atoms in total. The molecule has 1 aliphatic carbocycles. The van der Waals surface area contributed by atoms with Crippen LogP contribution in [0.25, 0.3) is 26.3 Å². The van der Waals surface area contributed by atoms with Crippen molar-refractivity contribution in [2.45, 2.75) is 26.2 Å². The maximum atomic E-state index is 4.48. The highest BCUT2D eigenvalue weighted by molar-refractivity contribution is 7.20. The van der Waals surface area contributed by atoms with E-state index >= 15 is 0 Å². The Bertz CT molecular complexity index is 1040. The number of imidazole rings is 1. The number of benzene rings is 1. The molecule has 2 unspecified atom stereocenters. The van der Waals surface area contributed by atoms with Crippen LogP contribution < -0.4 is 5.32 Å². The minimum atomic E-state index is 1.03. The number of nitrogens with zero attached hydrogens (tertiary/aromatic N) is 4. The largest absolute Gasteiger partial charge is 0.316 e. The summed E-state index contributed by atoms with van der Waals surface area (Å²) in [5, 5.41) is 9.09. The zero-order chi connectivity index (χ0) is 18.4. The van der Waals surface area contributed by atoms with E-state index in [0.29, 0.717) is 0 Å². The quantitative estimate of drug-likeness (QED) is 0.537. The number of hydrogen-bond donors (Lipinski definition) is 1. The molecule has 4 aromatic rings. The Morgan fingerprint density at radius 3 is 2.74 bits per heavy atom. The zero-order valence-corrected chi connectivity index (χ0v) is 16.7. The van der Waals surface area contributed by atoms with Crippen LogP contribution in [0.1, 0.15) is 24.8 Å². The van der Waals surface area contributed by atoms with Crippen molar-refractivity contribution in [2.75, 3.05) is 13.1 Å². The second-order valence-electron chi connectivity index (χ2n) is 7.86. The first kappa shape index (κ1) is 17.0. The van der Waals surface area contributed by atoms with Crippen LogP contribution in [-0.4, -0.2) is 32.3 Å². The summed E-state index contributed by atoms with van der Waals surface area (Å²) >= 11 is 1.71. The standard InChI is InChI=1S/C14H12N4S.C7H13N/c1-9-5-10(6-11-7-17(2)16-13(9)11)12-8-18-4-3-15-14(18)19-12;1-2-6-4-8-5-7(6)3-1/h3-8H,1-2H3;6-8H,1-5H2. The van der Waals surface area contributed by atoms with Crippen molar-refractivity contribution in [3.8, 4) is 10.4 Å². The van der Waals surface area contributed by atoms with Crippen molar-refractivity contribution in [3.63, 3.8) is 0 Å². The molecular weight excluding hydrogens is 354 g/mol. The third-order valence-corrected chi connectivity index (χ3v) is 6.98. The number of aromatic nitrogens is 4. The van der Waals surface area contributed by atoms with Gasteiger partial charge in [-0.2, -0.15) is 5.10 Å². The van der Waals surface area contributed by atoms with Gasteiger partial charge in [-0.1, -0.05) is 17.8 Å². The smallest absolute Gasteiger partial charge is 0.194 e. The van der Waals surface area contributed by atoms with Crippen LogP contribution in [0.4, 0.5) is 0 Å². The van der Waals surface area contributed by atoms with E-state index in [1.165, 1.54) is 53.7 Å². The molecule has 27 heavy (non-hydrogen) atoms. The molecule has 6 heteroatoms. The Kier molecular flexibility index (Phi) is 4.25. The summed E-state index contributed by atoms with van der Waals surface area (Å²) in [6, 6.07) is 4.39. The number of hydrogen-bond acceptors (Lipinski definition) is 4. The molecule has 0 amide bonds. The maximum absolute atomic E-state index is 4.48. The predicted octanol–water partition coefficient (Wildman–Crippen LogP) is 4.26. The van der Waals surface area contributed by atoms with Crippen LogP contribution in [0.3, 0.4) is 0 Å². The molecule has 6 rings (SSSR count). The highest BCUT2D eigenvalue weighted by atomic mass is 32.1. The van der Waals surface area contributed by atoms with E-state index in [9.17, 15) is 0 Å². The lowest BCUT2D eigenvalue weighted by atomic mass is 10.0. The summed E-state index contributed by atoms with van der Waals surface area (Å²) in [4.78, 5) is 6.58. The third kappa shape index (κ3) is 3.17. The molecule has 1 aromatic carbocycles. The number of nitrogens with one attached hydrogen (secondary N) is 1. The van der Waals surface area contributed by atoms with Gasteiger partial charge in [0.05, 0.1) is 10.4 Å². The van der Waals surface area contributed by atoms with Gasteiger partial charge in [-0.3, -0.25) is 9.08 Å². The van der Waals surface area contributed by atoms with E-state index in [1.807, 2.05) is 24.1 Å². The fourth-order valence-corrected chi connectivity index (χ4v) is 5.47. The molecule has 1 aliphatic heterocycles. The van der Waals surface area contributed by atoms with E-state index < -0.39 is 0 Å². The average Bonchev–Trinajstić information content (AvgIpc) is 3.40. The molecular formula is C21H25N5S. The fraction of sp³-hybridized carbons (Fsp3) is 0.429. The molecule has 4 heterocycles. The van der Waals surface area contributed by atoms with Gasteiger partial charge in [-0.25, -0.2) is 4.98 Å². The van der Waals surface area contributed by atoms with E-state index in [0.717, 1.165) is 22.3 Å². The molecule has 2 fully saturated rings. The second kappa shape index (κ2) is 6.77. The fourth-order valence-electron chi connectivity index (χ4n) is 4.54. The number of aryl methyl sites for hydroxylation is 2. The normalized spacial score (nSPS) is 21.6. The van der Waals surface area contributed by atoms with E-state index in [2.05, 4.69) is 51.3 Å². The van der Waals surface area contributed by atoms with Crippen LogP contribution in [0.15, 0.2) is 36.9 Å². The minimum Gasteiger partial charge on any atom is -0.316 e. The Hall–Kier alpha value is -2.18. The van der Waals surface area contributed by atoms with Crippen LogP contribution in [0.5, 0.6) is 0 Å². The number of fused-ring (bicyclic) bond motifs is 3. The molecule has 0 bridgehead atoms. The van der Waals surface area contributed by atoms with Gasteiger partial charge in [0.2, 0.25) is 0 Å². The molecule has 1 saturated carbocycles.